The lowest BCUT2D eigenvalue weighted by atomic mass is 9.96. The molecule has 0 N–H and O–H groups in total. The van der Waals surface area contributed by atoms with Gasteiger partial charge in [-0.1, -0.05) is 19.9 Å². The first kappa shape index (κ1) is 18.5. The Kier molecular flexibility index (Phi) is 6.07. The molecular weight excluding hydrogens is 321 g/mol. The van der Waals surface area contributed by atoms with E-state index < -0.39 is 11.9 Å². The minimum Gasteiger partial charge on any atom is -0.477 e. The highest BCUT2D eigenvalue weighted by Gasteiger charge is 2.32. The number of nitrogens with zero attached hydrogens (tertiary/aromatic N) is 2. The molecule has 134 valence electrons. The van der Waals surface area contributed by atoms with Gasteiger partial charge in [0.25, 0.3) is 0 Å². The zero-order chi connectivity index (χ0) is 17.7. The van der Waals surface area contributed by atoms with Crippen LogP contribution in [0.25, 0.3) is 0 Å². The number of amides is 1. The Balaban J connectivity index is 1.82. The maximum absolute atomic E-state index is 12.6. The molecule has 0 aliphatic carbocycles. The SMILES string of the molecule is CCC(C)C(=O)N1CCC(COc2cccc(C(F)(F)F)n2)CC1. The normalized spacial score (nSPS) is 17.6. The van der Waals surface area contributed by atoms with E-state index in [0.29, 0.717) is 19.7 Å². The number of ether oxygens (including phenoxy) is 1. The van der Waals surface area contributed by atoms with E-state index in [1.54, 1.807) is 0 Å². The molecule has 1 aromatic heterocycles. The second-order valence-corrected chi connectivity index (χ2v) is 6.25. The summed E-state index contributed by atoms with van der Waals surface area (Å²) in [6.45, 7) is 5.59. The quantitative estimate of drug-likeness (QED) is 0.817. The summed E-state index contributed by atoms with van der Waals surface area (Å²) >= 11 is 0. The molecule has 1 amide bonds. The number of halogens is 3. The van der Waals surface area contributed by atoms with Gasteiger partial charge < -0.3 is 9.64 Å². The molecule has 1 aliphatic rings. The van der Waals surface area contributed by atoms with E-state index in [1.165, 1.54) is 12.1 Å². The van der Waals surface area contributed by atoms with E-state index >= 15 is 0 Å². The van der Waals surface area contributed by atoms with Crippen molar-refractivity contribution in [2.45, 2.75) is 39.3 Å². The van der Waals surface area contributed by atoms with Gasteiger partial charge in [0.15, 0.2) is 0 Å². The zero-order valence-corrected chi connectivity index (χ0v) is 14.0. The fourth-order valence-electron chi connectivity index (χ4n) is 2.66. The number of pyridine rings is 1. The van der Waals surface area contributed by atoms with Crippen molar-refractivity contribution in [1.82, 2.24) is 9.88 Å². The highest BCUT2D eigenvalue weighted by molar-refractivity contribution is 5.78. The van der Waals surface area contributed by atoms with E-state index in [2.05, 4.69) is 4.98 Å². The van der Waals surface area contributed by atoms with Crippen LogP contribution in [-0.2, 0) is 11.0 Å². The van der Waals surface area contributed by atoms with Gasteiger partial charge in [0, 0.05) is 25.1 Å². The second-order valence-electron chi connectivity index (χ2n) is 6.25. The summed E-state index contributed by atoms with van der Waals surface area (Å²) in [5.41, 5.74) is -0.950. The summed E-state index contributed by atoms with van der Waals surface area (Å²) in [4.78, 5) is 17.5. The second kappa shape index (κ2) is 7.85. The van der Waals surface area contributed by atoms with Gasteiger partial charge in [0.1, 0.15) is 5.69 Å². The molecule has 4 nitrogen and oxygen atoms in total. The van der Waals surface area contributed by atoms with Gasteiger partial charge in [-0.2, -0.15) is 13.2 Å². The van der Waals surface area contributed by atoms with E-state index in [4.69, 9.17) is 4.74 Å². The van der Waals surface area contributed by atoms with Crippen LogP contribution in [0.1, 0.15) is 38.8 Å². The first-order chi connectivity index (χ1) is 11.3. The molecule has 2 rings (SSSR count). The summed E-state index contributed by atoms with van der Waals surface area (Å²) < 4.78 is 43.3. The fourth-order valence-corrected chi connectivity index (χ4v) is 2.66. The number of piperidine rings is 1. The average molecular weight is 344 g/mol. The van der Waals surface area contributed by atoms with Gasteiger partial charge in [-0.25, -0.2) is 4.98 Å². The minimum absolute atomic E-state index is 0.0112. The van der Waals surface area contributed by atoms with Crippen molar-refractivity contribution < 1.29 is 22.7 Å². The van der Waals surface area contributed by atoms with Crippen molar-refractivity contribution >= 4 is 5.91 Å². The van der Waals surface area contributed by atoms with E-state index in [0.717, 1.165) is 25.3 Å². The first-order valence-corrected chi connectivity index (χ1v) is 8.27. The number of carbonyl (C=O) groups excluding carboxylic acids is 1. The third-order valence-electron chi connectivity index (χ3n) is 4.44. The van der Waals surface area contributed by atoms with Crippen LogP contribution < -0.4 is 4.74 Å². The third-order valence-corrected chi connectivity index (χ3v) is 4.44. The van der Waals surface area contributed by atoms with Crippen LogP contribution >= 0.6 is 0 Å². The standard InChI is InChI=1S/C17H23F3N2O2/c1-3-12(2)16(23)22-9-7-13(8-10-22)11-24-15-6-4-5-14(21-15)17(18,19)20/h4-6,12-13H,3,7-11H2,1-2H3. The van der Waals surface area contributed by atoms with Crippen LogP contribution in [0.15, 0.2) is 18.2 Å². The molecule has 1 fully saturated rings. The summed E-state index contributed by atoms with van der Waals surface area (Å²) in [6, 6.07) is 3.64. The molecule has 2 heterocycles. The Morgan fingerprint density at radius 3 is 2.62 bits per heavy atom. The first-order valence-electron chi connectivity index (χ1n) is 8.27. The Hall–Kier alpha value is -1.79. The van der Waals surface area contributed by atoms with Gasteiger partial charge in [0.05, 0.1) is 6.61 Å². The molecule has 0 bridgehead atoms. The van der Waals surface area contributed by atoms with Crippen molar-refractivity contribution in [3.63, 3.8) is 0 Å². The lowest BCUT2D eigenvalue weighted by molar-refractivity contribution is -0.141. The number of likely N-dealkylation sites (tertiary alicyclic amines) is 1. The summed E-state index contributed by atoms with van der Waals surface area (Å²) in [5.74, 6) is 0.425. The van der Waals surface area contributed by atoms with E-state index in [1.807, 2.05) is 18.7 Å². The van der Waals surface area contributed by atoms with Crippen LogP contribution in [0.3, 0.4) is 0 Å². The number of hydrogen-bond donors (Lipinski definition) is 0. The molecule has 7 heteroatoms. The number of aromatic nitrogens is 1. The molecule has 0 saturated carbocycles. The Bertz CT molecular complexity index is 555. The maximum Gasteiger partial charge on any atom is 0.433 e. The Morgan fingerprint density at radius 1 is 1.38 bits per heavy atom. The molecule has 1 aliphatic heterocycles. The van der Waals surface area contributed by atoms with Crippen LogP contribution in [0.5, 0.6) is 5.88 Å². The van der Waals surface area contributed by atoms with E-state index in [-0.39, 0.29) is 23.6 Å². The molecular formula is C17H23F3N2O2. The smallest absolute Gasteiger partial charge is 0.433 e. The predicted octanol–water partition coefficient (Wildman–Crippen LogP) is 3.76. The maximum atomic E-state index is 12.6. The van der Waals surface area contributed by atoms with Crippen molar-refractivity contribution in [3.05, 3.63) is 23.9 Å². The van der Waals surface area contributed by atoms with E-state index in [9.17, 15) is 18.0 Å². The van der Waals surface area contributed by atoms with Gasteiger partial charge in [0.2, 0.25) is 11.8 Å². The van der Waals surface area contributed by atoms with Crippen LogP contribution in [0, 0.1) is 11.8 Å². The van der Waals surface area contributed by atoms with Gasteiger partial charge in [-0.05, 0) is 31.2 Å². The molecule has 0 spiro atoms. The molecule has 1 atom stereocenters. The number of carbonyl (C=O) groups is 1. The molecule has 1 saturated heterocycles. The van der Waals surface area contributed by atoms with Crippen LogP contribution in [-0.4, -0.2) is 35.5 Å². The van der Waals surface area contributed by atoms with Crippen molar-refractivity contribution in [1.29, 1.82) is 0 Å². The Morgan fingerprint density at radius 2 is 2.04 bits per heavy atom. The van der Waals surface area contributed by atoms with Crippen molar-refractivity contribution in [2.75, 3.05) is 19.7 Å². The van der Waals surface area contributed by atoms with Crippen LogP contribution in [0.4, 0.5) is 13.2 Å². The Labute approximate surface area is 140 Å². The fraction of sp³-hybridized carbons (Fsp3) is 0.647. The summed E-state index contributed by atoms with van der Waals surface area (Å²) in [7, 11) is 0. The topological polar surface area (TPSA) is 42.4 Å². The average Bonchev–Trinajstić information content (AvgIpc) is 2.58. The lowest BCUT2D eigenvalue weighted by Crippen LogP contribution is -2.42. The molecule has 24 heavy (non-hydrogen) atoms. The molecule has 0 aromatic carbocycles. The molecule has 0 radical (unpaired) electrons. The van der Waals surface area contributed by atoms with Crippen molar-refractivity contribution in [2.24, 2.45) is 11.8 Å². The minimum atomic E-state index is -4.47. The summed E-state index contributed by atoms with van der Waals surface area (Å²) in [6.07, 6.45) is -2.06. The zero-order valence-electron chi connectivity index (χ0n) is 14.0. The molecule has 1 aromatic rings. The van der Waals surface area contributed by atoms with Crippen LogP contribution in [0.2, 0.25) is 0 Å². The van der Waals surface area contributed by atoms with Gasteiger partial charge >= 0.3 is 6.18 Å². The summed E-state index contributed by atoms with van der Waals surface area (Å²) in [5, 5.41) is 0. The lowest BCUT2D eigenvalue weighted by Gasteiger charge is -2.33. The predicted molar refractivity (Wildman–Crippen MR) is 83.5 cm³/mol. The number of rotatable bonds is 5. The van der Waals surface area contributed by atoms with Crippen molar-refractivity contribution in [3.8, 4) is 5.88 Å². The largest absolute Gasteiger partial charge is 0.477 e. The van der Waals surface area contributed by atoms with Gasteiger partial charge in [-0.3, -0.25) is 4.79 Å². The highest BCUT2D eigenvalue weighted by atomic mass is 19.4. The number of alkyl halides is 3. The monoisotopic (exact) mass is 344 g/mol. The molecule has 1 unspecified atom stereocenters. The van der Waals surface area contributed by atoms with Gasteiger partial charge in [-0.15, -0.1) is 0 Å². The third kappa shape index (κ3) is 4.85. The number of hydrogen-bond acceptors (Lipinski definition) is 3. The highest BCUT2D eigenvalue weighted by Crippen LogP contribution is 2.29.